The summed E-state index contributed by atoms with van der Waals surface area (Å²) in [6.07, 6.45) is 7.80. The summed E-state index contributed by atoms with van der Waals surface area (Å²) in [5.41, 5.74) is 2.38. The molecule has 1 aromatic heterocycles. The maximum absolute atomic E-state index is 5.89. The van der Waals surface area contributed by atoms with Gasteiger partial charge in [0.25, 0.3) is 0 Å². The van der Waals surface area contributed by atoms with Crippen LogP contribution in [0.4, 0.5) is 0 Å². The van der Waals surface area contributed by atoms with Gasteiger partial charge in [0, 0.05) is 37.6 Å². The van der Waals surface area contributed by atoms with Crippen LogP contribution in [0.25, 0.3) is 6.08 Å². The Hall–Kier alpha value is -2.60. The lowest BCUT2D eigenvalue weighted by Gasteiger charge is -2.32. The highest BCUT2D eigenvalue weighted by atomic mass is 16.5. The van der Waals surface area contributed by atoms with Crippen molar-refractivity contribution in [1.82, 2.24) is 14.9 Å². The Labute approximate surface area is 153 Å². The summed E-state index contributed by atoms with van der Waals surface area (Å²) < 4.78 is 17.1. The fourth-order valence-corrected chi connectivity index (χ4v) is 3.39. The first-order chi connectivity index (χ1) is 12.8. The van der Waals surface area contributed by atoms with Crippen LogP contribution in [0.1, 0.15) is 18.4 Å². The highest BCUT2D eigenvalue weighted by molar-refractivity contribution is 5.64. The van der Waals surface area contributed by atoms with Gasteiger partial charge in [0.2, 0.25) is 0 Å². The van der Waals surface area contributed by atoms with Crippen LogP contribution in [0.15, 0.2) is 42.2 Å². The molecule has 4 rings (SSSR count). The van der Waals surface area contributed by atoms with Gasteiger partial charge in [-0.3, -0.25) is 4.90 Å². The van der Waals surface area contributed by atoms with Crippen molar-refractivity contribution in [3.8, 4) is 17.5 Å². The molecule has 136 valence electrons. The van der Waals surface area contributed by atoms with Crippen molar-refractivity contribution in [1.29, 1.82) is 0 Å². The molecule has 0 saturated carbocycles. The zero-order valence-electron chi connectivity index (χ0n) is 14.9. The normalized spacial score (nSPS) is 17.8. The monoisotopic (exact) mass is 353 g/mol. The van der Waals surface area contributed by atoms with Gasteiger partial charge in [-0.1, -0.05) is 0 Å². The van der Waals surface area contributed by atoms with E-state index in [0.29, 0.717) is 12.6 Å². The molecule has 0 bridgehead atoms. The summed E-state index contributed by atoms with van der Waals surface area (Å²) in [4.78, 5) is 10.7. The largest absolute Gasteiger partial charge is 0.497 e. The Balaban J connectivity index is 1.32. The van der Waals surface area contributed by atoms with E-state index in [9.17, 15) is 0 Å². The second kappa shape index (κ2) is 7.74. The second-order valence-corrected chi connectivity index (χ2v) is 6.62. The number of hydrogen-bond acceptors (Lipinski definition) is 6. The van der Waals surface area contributed by atoms with Gasteiger partial charge in [-0.15, -0.1) is 0 Å². The minimum Gasteiger partial charge on any atom is -0.497 e. The number of piperidine rings is 1. The smallest absolute Gasteiger partial charge is 0.316 e. The molecule has 1 aromatic carbocycles. The van der Waals surface area contributed by atoms with Crippen molar-refractivity contribution in [3.05, 3.63) is 47.8 Å². The lowest BCUT2D eigenvalue weighted by molar-refractivity contribution is 0.0961. The van der Waals surface area contributed by atoms with E-state index in [1.807, 2.05) is 18.2 Å². The number of ether oxygens (including phenoxy) is 3. The van der Waals surface area contributed by atoms with Gasteiger partial charge < -0.3 is 14.2 Å². The van der Waals surface area contributed by atoms with Gasteiger partial charge in [-0.05, 0) is 48.8 Å². The topological polar surface area (TPSA) is 56.7 Å². The summed E-state index contributed by atoms with van der Waals surface area (Å²) in [6.45, 7) is 3.57. The maximum atomic E-state index is 5.89. The average Bonchev–Trinajstić information content (AvgIpc) is 2.70. The molecule has 2 aliphatic rings. The molecule has 1 fully saturated rings. The Morgan fingerprint density at radius 3 is 2.77 bits per heavy atom. The molecule has 6 heteroatoms. The van der Waals surface area contributed by atoms with Gasteiger partial charge in [0.1, 0.15) is 24.2 Å². The molecule has 0 amide bonds. The third-order valence-electron chi connectivity index (χ3n) is 4.77. The zero-order valence-corrected chi connectivity index (χ0v) is 14.9. The molecule has 0 unspecified atom stereocenters. The van der Waals surface area contributed by atoms with Gasteiger partial charge >= 0.3 is 6.01 Å². The van der Waals surface area contributed by atoms with Crippen LogP contribution < -0.4 is 14.2 Å². The minimum atomic E-state index is 0.190. The molecule has 0 N–H and O–H groups in total. The number of likely N-dealkylation sites (tertiary alicyclic amines) is 1. The Morgan fingerprint density at radius 2 is 2.00 bits per heavy atom. The molecule has 0 aliphatic carbocycles. The number of hydrogen-bond donors (Lipinski definition) is 0. The van der Waals surface area contributed by atoms with E-state index in [1.165, 1.54) is 5.57 Å². The molecular weight excluding hydrogens is 330 g/mol. The van der Waals surface area contributed by atoms with Crippen LogP contribution in [-0.2, 0) is 0 Å². The standard InChI is InChI=1S/C20H23N3O3/c1-24-18-3-4-19-16(12-18)11-15(14-25-19)13-23-9-5-17(6-10-23)26-20-21-7-2-8-22-20/h2-4,7-8,11-12,17H,5-6,9-10,13-14H2,1H3. The first kappa shape index (κ1) is 16.8. The molecule has 0 spiro atoms. The molecule has 0 atom stereocenters. The number of rotatable bonds is 5. The number of benzene rings is 1. The first-order valence-electron chi connectivity index (χ1n) is 8.96. The summed E-state index contributed by atoms with van der Waals surface area (Å²) in [5, 5.41) is 0. The van der Waals surface area contributed by atoms with Crippen LogP contribution in [0.2, 0.25) is 0 Å². The van der Waals surface area contributed by atoms with Crippen LogP contribution in [0.5, 0.6) is 17.5 Å². The predicted molar refractivity (Wildman–Crippen MR) is 98.6 cm³/mol. The van der Waals surface area contributed by atoms with Gasteiger partial charge in [0.15, 0.2) is 0 Å². The third kappa shape index (κ3) is 3.96. The highest BCUT2D eigenvalue weighted by Crippen LogP contribution is 2.30. The van der Waals surface area contributed by atoms with Crippen LogP contribution in [-0.4, -0.2) is 54.3 Å². The van der Waals surface area contributed by atoms with Gasteiger partial charge in [-0.2, -0.15) is 0 Å². The van der Waals surface area contributed by atoms with E-state index in [1.54, 1.807) is 25.6 Å². The van der Waals surface area contributed by atoms with Crippen molar-refractivity contribution >= 4 is 6.08 Å². The molecular formula is C20H23N3O3. The lowest BCUT2D eigenvalue weighted by atomic mass is 10.0. The summed E-state index contributed by atoms with van der Waals surface area (Å²) >= 11 is 0. The molecule has 2 aromatic rings. The maximum Gasteiger partial charge on any atom is 0.316 e. The Kier molecular flexibility index (Phi) is 5.02. The molecule has 0 radical (unpaired) electrons. The first-order valence-corrected chi connectivity index (χ1v) is 8.96. The SMILES string of the molecule is COc1ccc2c(c1)C=C(CN1CCC(Oc3ncccn3)CC1)CO2. The van der Waals surface area contributed by atoms with Crippen molar-refractivity contribution in [2.75, 3.05) is 33.4 Å². The molecule has 1 saturated heterocycles. The zero-order chi connectivity index (χ0) is 17.8. The number of aromatic nitrogens is 2. The quantitative estimate of drug-likeness (QED) is 0.824. The Morgan fingerprint density at radius 1 is 1.19 bits per heavy atom. The van der Waals surface area contributed by atoms with Gasteiger partial charge in [0.05, 0.1) is 7.11 Å². The molecule has 3 heterocycles. The lowest BCUT2D eigenvalue weighted by Crippen LogP contribution is -2.40. The van der Waals surface area contributed by atoms with E-state index >= 15 is 0 Å². The molecule has 2 aliphatic heterocycles. The van der Waals surface area contributed by atoms with Crippen molar-refractivity contribution in [2.45, 2.75) is 18.9 Å². The summed E-state index contributed by atoms with van der Waals surface area (Å²) in [5.74, 6) is 1.77. The summed E-state index contributed by atoms with van der Waals surface area (Å²) in [7, 11) is 1.68. The number of nitrogens with zero attached hydrogens (tertiary/aromatic N) is 3. The fraction of sp³-hybridized carbons (Fsp3) is 0.400. The van der Waals surface area contributed by atoms with Crippen molar-refractivity contribution in [3.63, 3.8) is 0 Å². The van der Waals surface area contributed by atoms with Crippen molar-refractivity contribution in [2.24, 2.45) is 0 Å². The van der Waals surface area contributed by atoms with Crippen LogP contribution in [0, 0.1) is 0 Å². The van der Waals surface area contributed by atoms with Gasteiger partial charge in [-0.25, -0.2) is 9.97 Å². The predicted octanol–water partition coefficient (Wildman–Crippen LogP) is 2.80. The van der Waals surface area contributed by atoms with E-state index in [0.717, 1.165) is 49.5 Å². The van der Waals surface area contributed by atoms with Crippen LogP contribution in [0.3, 0.4) is 0 Å². The van der Waals surface area contributed by atoms with E-state index < -0.39 is 0 Å². The van der Waals surface area contributed by atoms with E-state index in [-0.39, 0.29) is 6.10 Å². The average molecular weight is 353 g/mol. The van der Waals surface area contributed by atoms with E-state index in [2.05, 4.69) is 20.9 Å². The molecule has 26 heavy (non-hydrogen) atoms. The summed E-state index contributed by atoms with van der Waals surface area (Å²) in [6, 6.07) is 8.19. The fourth-order valence-electron chi connectivity index (χ4n) is 3.39. The van der Waals surface area contributed by atoms with E-state index in [4.69, 9.17) is 14.2 Å². The number of fused-ring (bicyclic) bond motifs is 1. The highest BCUT2D eigenvalue weighted by Gasteiger charge is 2.23. The third-order valence-corrected chi connectivity index (χ3v) is 4.77. The van der Waals surface area contributed by atoms with Crippen LogP contribution >= 0.6 is 0 Å². The number of methoxy groups -OCH3 is 1. The Bertz CT molecular complexity index is 771. The minimum absolute atomic E-state index is 0.190. The van der Waals surface area contributed by atoms with Crippen molar-refractivity contribution < 1.29 is 14.2 Å². The second-order valence-electron chi connectivity index (χ2n) is 6.62. The molecule has 6 nitrogen and oxygen atoms in total.